The third kappa shape index (κ3) is 3.75. The zero-order chi connectivity index (χ0) is 19.7. The summed E-state index contributed by atoms with van der Waals surface area (Å²) in [5.74, 6) is 0.0782. The number of hydrogen-bond acceptors (Lipinski definition) is 5. The summed E-state index contributed by atoms with van der Waals surface area (Å²) in [4.78, 5) is 33.3. The summed E-state index contributed by atoms with van der Waals surface area (Å²) in [7, 11) is 0. The van der Waals surface area contributed by atoms with Crippen LogP contribution in [0.1, 0.15) is 75.3 Å². The molecule has 1 fully saturated rings. The highest BCUT2D eigenvalue weighted by Gasteiger charge is 2.27. The first-order valence-corrected chi connectivity index (χ1v) is 12.3. The van der Waals surface area contributed by atoms with Gasteiger partial charge in [-0.25, -0.2) is 4.98 Å². The standard InChI is InChI=1S/C21H29N3O2S2/c1-3-13(2)24-20(26)17-14-9-5-4-6-10-15(14)27-19(17)23-21(24)28-16-11-7-8-12-22-18(16)25/h13,16H,3-12H2,1-2H3,(H,22,25)/t13-,16-/m1/s1. The monoisotopic (exact) mass is 419 g/mol. The molecule has 1 aliphatic heterocycles. The van der Waals surface area contributed by atoms with E-state index in [1.54, 1.807) is 11.3 Å². The Morgan fingerprint density at radius 2 is 2.04 bits per heavy atom. The first-order chi connectivity index (χ1) is 13.6. The van der Waals surface area contributed by atoms with Crippen LogP contribution in [0.5, 0.6) is 0 Å². The fourth-order valence-electron chi connectivity index (χ4n) is 4.18. The fourth-order valence-corrected chi connectivity index (χ4v) is 6.74. The lowest BCUT2D eigenvalue weighted by molar-refractivity contribution is -0.120. The maximum Gasteiger partial charge on any atom is 0.263 e. The second-order valence-corrected chi connectivity index (χ2v) is 10.2. The van der Waals surface area contributed by atoms with Gasteiger partial charge in [-0.05, 0) is 57.4 Å². The molecule has 152 valence electrons. The highest BCUT2D eigenvalue weighted by molar-refractivity contribution is 8.00. The van der Waals surface area contributed by atoms with Crippen molar-refractivity contribution in [1.29, 1.82) is 0 Å². The molecule has 2 atom stereocenters. The fraction of sp³-hybridized carbons (Fsp3) is 0.667. The van der Waals surface area contributed by atoms with E-state index in [4.69, 9.17) is 4.98 Å². The Labute approximate surface area is 174 Å². The second-order valence-electron chi connectivity index (χ2n) is 7.96. The molecule has 4 rings (SSSR count). The van der Waals surface area contributed by atoms with Gasteiger partial charge < -0.3 is 5.32 Å². The van der Waals surface area contributed by atoms with Crippen LogP contribution in [0.25, 0.3) is 10.2 Å². The molecule has 1 N–H and O–H groups in total. The normalized spacial score (nSPS) is 21.6. The van der Waals surface area contributed by atoms with Crippen molar-refractivity contribution in [2.24, 2.45) is 0 Å². The summed E-state index contributed by atoms with van der Waals surface area (Å²) in [6.07, 6.45) is 9.39. The number of thioether (sulfide) groups is 1. The Morgan fingerprint density at radius 1 is 1.21 bits per heavy atom. The van der Waals surface area contributed by atoms with Gasteiger partial charge in [0.25, 0.3) is 5.56 Å². The number of fused-ring (bicyclic) bond motifs is 3. The molecule has 3 heterocycles. The van der Waals surface area contributed by atoms with Gasteiger partial charge in [0.2, 0.25) is 5.91 Å². The van der Waals surface area contributed by atoms with Crippen molar-refractivity contribution in [3.8, 4) is 0 Å². The molecule has 0 radical (unpaired) electrons. The molecule has 5 nitrogen and oxygen atoms in total. The molecule has 2 aromatic rings. The number of carbonyl (C=O) groups excluding carboxylic acids is 1. The number of nitrogens with one attached hydrogen (secondary N) is 1. The van der Waals surface area contributed by atoms with Gasteiger partial charge in [-0.2, -0.15) is 0 Å². The Hall–Kier alpha value is -1.34. The summed E-state index contributed by atoms with van der Waals surface area (Å²) in [6, 6.07) is 0.0714. The Bertz CT molecular complexity index is 934. The number of hydrogen-bond donors (Lipinski definition) is 1. The molecule has 1 amide bonds. The molecular weight excluding hydrogens is 390 g/mol. The molecule has 1 saturated heterocycles. The molecule has 1 aliphatic carbocycles. The second kappa shape index (κ2) is 8.57. The largest absolute Gasteiger partial charge is 0.355 e. The Balaban J connectivity index is 1.83. The lowest BCUT2D eigenvalue weighted by Crippen LogP contribution is -2.32. The van der Waals surface area contributed by atoms with E-state index in [0.717, 1.165) is 61.7 Å². The van der Waals surface area contributed by atoms with Crippen molar-refractivity contribution in [2.45, 2.75) is 88.1 Å². The van der Waals surface area contributed by atoms with Crippen LogP contribution in [0.4, 0.5) is 0 Å². The molecule has 2 aromatic heterocycles. The van der Waals surface area contributed by atoms with Gasteiger partial charge in [-0.15, -0.1) is 11.3 Å². The molecule has 2 aliphatic rings. The average Bonchev–Trinajstić information content (AvgIpc) is 2.82. The van der Waals surface area contributed by atoms with Crippen LogP contribution in [0, 0.1) is 0 Å². The van der Waals surface area contributed by atoms with E-state index in [-0.39, 0.29) is 22.8 Å². The minimum absolute atomic E-state index is 0.0714. The molecule has 7 heteroatoms. The van der Waals surface area contributed by atoms with Crippen molar-refractivity contribution in [2.75, 3.05) is 6.54 Å². The van der Waals surface area contributed by atoms with E-state index < -0.39 is 0 Å². The molecule has 0 bridgehead atoms. The van der Waals surface area contributed by atoms with E-state index in [0.29, 0.717) is 5.16 Å². The van der Waals surface area contributed by atoms with Gasteiger partial charge in [-0.3, -0.25) is 14.2 Å². The predicted octanol–water partition coefficient (Wildman–Crippen LogP) is 4.46. The van der Waals surface area contributed by atoms with Crippen LogP contribution >= 0.6 is 23.1 Å². The first kappa shape index (κ1) is 20.0. The summed E-state index contributed by atoms with van der Waals surface area (Å²) >= 11 is 3.18. The van der Waals surface area contributed by atoms with Crippen LogP contribution in [0.2, 0.25) is 0 Å². The quantitative estimate of drug-likeness (QED) is 0.587. The number of carbonyl (C=O) groups is 1. The average molecular weight is 420 g/mol. The minimum Gasteiger partial charge on any atom is -0.355 e. The van der Waals surface area contributed by atoms with Crippen molar-refractivity contribution in [1.82, 2.24) is 14.9 Å². The van der Waals surface area contributed by atoms with Crippen LogP contribution in [-0.4, -0.2) is 27.3 Å². The number of thiophene rings is 1. The number of aromatic nitrogens is 2. The maximum absolute atomic E-state index is 13.6. The number of amides is 1. The van der Waals surface area contributed by atoms with Gasteiger partial charge in [0.15, 0.2) is 5.16 Å². The molecule has 0 saturated carbocycles. The van der Waals surface area contributed by atoms with Gasteiger partial charge >= 0.3 is 0 Å². The number of aryl methyl sites for hydroxylation is 2. The van der Waals surface area contributed by atoms with Crippen LogP contribution < -0.4 is 10.9 Å². The van der Waals surface area contributed by atoms with Crippen LogP contribution in [-0.2, 0) is 17.6 Å². The maximum atomic E-state index is 13.6. The molecule has 28 heavy (non-hydrogen) atoms. The zero-order valence-electron chi connectivity index (χ0n) is 16.8. The Kier molecular flexibility index (Phi) is 6.11. The highest BCUT2D eigenvalue weighted by atomic mass is 32.2. The van der Waals surface area contributed by atoms with Gasteiger partial charge in [0, 0.05) is 17.5 Å². The third-order valence-corrected chi connectivity index (χ3v) is 8.42. The van der Waals surface area contributed by atoms with E-state index in [2.05, 4.69) is 19.2 Å². The number of nitrogens with zero attached hydrogens (tertiary/aromatic N) is 2. The summed E-state index contributed by atoms with van der Waals surface area (Å²) in [6.45, 7) is 4.93. The number of rotatable bonds is 4. The highest BCUT2D eigenvalue weighted by Crippen LogP contribution is 2.36. The molecule has 0 unspecified atom stereocenters. The van der Waals surface area contributed by atoms with Crippen LogP contribution in [0.3, 0.4) is 0 Å². The van der Waals surface area contributed by atoms with Crippen molar-refractivity contribution in [3.05, 3.63) is 20.8 Å². The lowest BCUT2D eigenvalue weighted by atomic mass is 10.1. The molecular formula is C21H29N3O2S2. The van der Waals surface area contributed by atoms with Crippen molar-refractivity contribution in [3.63, 3.8) is 0 Å². The van der Waals surface area contributed by atoms with E-state index in [1.807, 2.05) is 4.57 Å². The molecule has 0 aromatic carbocycles. The van der Waals surface area contributed by atoms with E-state index in [9.17, 15) is 9.59 Å². The lowest BCUT2D eigenvalue weighted by Gasteiger charge is -2.20. The summed E-state index contributed by atoms with van der Waals surface area (Å²) in [5.41, 5.74) is 1.34. The summed E-state index contributed by atoms with van der Waals surface area (Å²) in [5, 5.41) is 4.39. The van der Waals surface area contributed by atoms with E-state index >= 15 is 0 Å². The van der Waals surface area contributed by atoms with Crippen molar-refractivity contribution >= 4 is 39.2 Å². The topological polar surface area (TPSA) is 64.0 Å². The zero-order valence-corrected chi connectivity index (χ0v) is 18.4. The molecule has 0 spiro atoms. The summed E-state index contributed by atoms with van der Waals surface area (Å²) < 4.78 is 1.86. The van der Waals surface area contributed by atoms with Crippen molar-refractivity contribution < 1.29 is 4.79 Å². The minimum atomic E-state index is -0.167. The van der Waals surface area contributed by atoms with Gasteiger partial charge in [0.05, 0.1) is 10.6 Å². The van der Waals surface area contributed by atoms with Crippen LogP contribution in [0.15, 0.2) is 9.95 Å². The van der Waals surface area contributed by atoms with Gasteiger partial charge in [0.1, 0.15) is 4.83 Å². The third-order valence-electron chi connectivity index (χ3n) is 6.00. The SMILES string of the molecule is CC[C@@H](C)n1c(S[C@@H]2CCCCNC2=O)nc2sc3c(c2c1=O)CCCCC3. The smallest absolute Gasteiger partial charge is 0.263 e. The van der Waals surface area contributed by atoms with E-state index in [1.165, 1.54) is 35.0 Å². The van der Waals surface area contributed by atoms with Gasteiger partial charge in [-0.1, -0.05) is 31.5 Å². The predicted molar refractivity (Wildman–Crippen MR) is 117 cm³/mol. The first-order valence-electron chi connectivity index (χ1n) is 10.6. The Morgan fingerprint density at radius 3 is 2.86 bits per heavy atom.